The molecular formula is C13H14N4O3. The van der Waals surface area contributed by atoms with Gasteiger partial charge in [-0.05, 0) is 24.6 Å². The molecule has 0 aliphatic carbocycles. The van der Waals surface area contributed by atoms with Crippen molar-refractivity contribution in [3.05, 3.63) is 41.9 Å². The van der Waals surface area contributed by atoms with Crippen LogP contribution in [0.1, 0.15) is 11.3 Å². The number of ether oxygens (including phenoxy) is 2. The number of methoxy groups -OCH3 is 1. The lowest BCUT2D eigenvalue weighted by Crippen LogP contribution is -2.15. The highest BCUT2D eigenvalue weighted by atomic mass is 16.5. The number of oxime groups is 1. The highest BCUT2D eigenvalue weighted by Gasteiger charge is 2.08. The molecule has 0 aliphatic rings. The van der Waals surface area contributed by atoms with Gasteiger partial charge in [0.2, 0.25) is 5.88 Å². The Morgan fingerprint density at radius 1 is 1.25 bits per heavy atom. The molecule has 0 spiro atoms. The fourth-order valence-electron chi connectivity index (χ4n) is 1.52. The van der Waals surface area contributed by atoms with Crippen molar-refractivity contribution in [1.82, 2.24) is 9.97 Å². The molecule has 0 fully saturated rings. The molecule has 7 heteroatoms. The lowest BCUT2D eigenvalue weighted by molar-refractivity contribution is 0.318. The van der Waals surface area contributed by atoms with Gasteiger partial charge in [0.25, 0.3) is 0 Å². The summed E-state index contributed by atoms with van der Waals surface area (Å²) in [6.45, 7) is 1.96. The third kappa shape index (κ3) is 2.94. The van der Waals surface area contributed by atoms with Crippen molar-refractivity contribution in [1.29, 1.82) is 0 Å². The average molecular weight is 274 g/mol. The van der Waals surface area contributed by atoms with Crippen molar-refractivity contribution in [3.8, 4) is 17.4 Å². The Morgan fingerprint density at radius 2 is 2.05 bits per heavy atom. The lowest BCUT2D eigenvalue weighted by Gasteiger charge is -2.10. The number of hydrogen-bond acceptors (Lipinski definition) is 6. The Labute approximate surface area is 115 Å². The summed E-state index contributed by atoms with van der Waals surface area (Å²) in [7, 11) is 1.56. The zero-order chi connectivity index (χ0) is 14.5. The van der Waals surface area contributed by atoms with Gasteiger partial charge in [-0.2, -0.15) is 0 Å². The predicted molar refractivity (Wildman–Crippen MR) is 72.3 cm³/mol. The highest BCUT2D eigenvalue weighted by Crippen LogP contribution is 2.30. The largest absolute Gasteiger partial charge is 0.493 e. The van der Waals surface area contributed by atoms with Gasteiger partial charge in [-0.25, -0.2) is 9.97 Å². The first kappa shape index (κ1) is 13.6. The van der Waals surface area contributed by atoms with Gasteiger partial charge in [-0.3, -0.25) is 0 Å². The fraction of sp³-hybridized carbons (Fsp3) is 0.154. The van der Waals surface area contributed by atoms with E-state index in [1.54, 1.807) is 13.2 Å². The van der Waals surface area contributed by atoms with Crippen molar-refractivity contribution in [3.63, 3.8) is 0 Å². The fourth-order valence-corrected chi connectivity index (χ4v) is 1.52. The number of hydrogen-bond donors (Lipinski definition) is 2. The number of benzene rings is 1. The number of nitrogens with zero attached hydrogens (tertiary/aromatic N) is 3. The maximum absolute atomic E-state index is 8.53. The van der Waals surface area contributed by atoms with Gasteiger partial charge in [-0.15, -0.1) is 0 Å². The van der Waals surface area contributed by atoms with Crippen LogP contribution in [0.3, 0.4) is 0 Å². The summed E-state index contributed by atoms with van der Waals surface area (Å²) < 4.78 is 10.8. The number of nitrogens with two attached hydrogens (primary N) is 1. The van der Waals surface area contributed by atoms with E-state index < -0.39 is 0 Å². The normalized spacial score (nSPS) is 11.2. The molecule has 0 amide bonds. The Hall–Kier alpha value is -2.83. The minimum absolute atomic E-state index is 0.114. The summed E-state index contributed by atoms with van der Waals surface area (Å²) in [6, 6.07) is 5.54. The van der Waals surface area contributed by atoms with Crippen LogP contribution in [0.4, 0.5) is 0 Å². The Balaban J connectivity index is 2.22. The molecule has 0 radical (unpaired) electrons. The topological polar surface area (TPSA) is 103 Å². The van der Waals surface area contributed by atoms with E-state index in [4.69, 9.17) is 20.4 Å². The van der Waals surface area contributed by atoms with Crippen molar-refractivity contribution < 1.29 is 14.7 Å². The van der Waals surface area contributed by atoms with Crippen LogP contribution in [-0.2, 0) is 0 Å². The first-order chi connectivity index (χ1) is 9.63. The monoisotopic (exact) mass is 274 g/mol. The molecule has 1 aromatic carbocycles. The van der Waals surface area contributed by atoms with Gasteiger partial charge in [0, 0.05) is 0 Å². The van der Waals surface area contributed by atoms with E-state index in [-0.39, 0.29) is 17.4 Å². The van der Waals surface area contributed by atoms with Crippen molar-refractivity contribution in [2.24, 2.45) is 10.9 Å². The van der Waals surface area contributed by atoms with E-state index in [0.717, 1.165) is 5.56 Å². The number of amidine groups is 1. The van der Waals surface area contributed by atoms with Crippen LogP contribution < -0.4 is 15.2 Å². The predicted octanol–water partition coefficient (Wildman–Crippen LogP) is 1.68. The van der Waals surface area contributed by atoms with Crippen LogP contribution in [0.15, 0.2) is 35.7 Å². The Kier molecular flexibility index (Phi) is 3.99. The van der Waals surface area contributed by atoms with E-state index in [1.165, 1.54) is 12.4 Å². The van der Waals surface area contributed by atoms with Gasteiger partial charge in [0.1, 0.15) is 5.69 Å². The van der Waals surface area contributed by atoms with Gasteiger partial charge in [-0.1, -0.05) is 11.2 Å². The second kappa shape index (κ2) is 5.87. The van der Waals surface area contributed by atoms with Gasteiger partial charge in [0.15, 0.2) is 17.3 Å². The smallest absolute Gasteiger partial charge is 0.238 e. The number of rotatable bonds is 4. The van der Waals surface area contributed by atoms with E-state index in [9.17, 15) is 0 Å². The van der Waals surface area contributed by atoms with Crippen LogP contribution >= 0.6 is 0 Å². The molecule has 0 unspecified atom stereocenters. The first-order valence-electron chi connectivity index (χ1n) is 5.76. The third-order valence-electron chi connectivity index (χ3n) is 2.53. The molecule has 2 aromatic rings. The summed E-state index contributed by atoms with van der Waals surface area (Å²) in [5.74, 6) is 1.30. The maximum Gasteiger partial charge on any atom is 0.238 e. The summed E-state index contributed by atoms with van der Waals surface area (Å²) in [4.78, 5) is 8.00. The Morgan fingerprint density at radius 3 is 2.65 bits per heavy atom. The molecule has 3 N–H and O–H groups in total. The summed E-state index contributed by atoms with van der Waals surface area (Å²) in [5.41, 5.74) is 6.71. The molecule has 0 atom stereocenters. The summed E-state index contributed by atoms with van der Waals surface area (Å²) in [6.07, 6.45) is 2.73. The number of aromatic nitrogens is 2. The molecule has 7 nitrogen and oxygen atoms in total. The van der Waals surface area contributed by atoms with Gasteiger partial charge < -0.3 is 20.4 Å². The van der Waals surface area contributed by atoms with Crippen LogP contribution in [0.5, 0.6) is 17.4 Å². The van der Waals surface area contributed by atoms with Gasteiger partial charge >= 0.3 is 0 Å². The SMILES string of the molecule is COc1cc(C)ccc1Oc1cnc(C(N)=NO)cn1. The summed E-state index contributed by atoms with van der Waals surface area (Å²) in [5, 5.41) is 11.4. The average Bonchev–Trinajstić information content (AvgIpc) is 2.49. The lowest BCUT2D eigenvalue weighted by atomic mass is 10.2. The molecule has 0 saturated carbocycles. The molecule has 1 heterocycles. The van der Waals surface area contributed by atoms with Crippen LogP contribution in [0, 0.1) is 6.92 Å². The van der Waals surface area contributed by atoms with Gasteiger partial charge in [0.05, 0.1) is 19.5 Å². The van der Waals surface area contributed by atoms with Crippen LogP contribution in [-0.4, -0.2) is 28.1 Å². The quantitative estimate of drug-likeness (QED) is 0.380. The van der Waals surface area contributed by atoms with Crippen LogP contribution in [0.25, 0.3) is 0 Å². The molecule has 0 bridgehead atoms. The van der Waals surface area contributed by atoms with Crippen molar-refractivity contribution in [2.45, 2.75) is 6.92 Å². The molecule has 0 aliphatic heterocycles. The maximum atomic E-state index is 8.53. The molecule has 0 saturated heterocycles. The van der Waals surface area contributed by atoms with E-state index in [2.05, 4.69) is 15.1 Å². The van der Waals surface area contributed by atoms with E-state index in [0.29, 0.717) is 11.5 Å². The zero-order valence-corrected chi connectivity index (χ0v) is 11.1. The highest BCUT2D eigenvalue weighted by molar-refractivity contribution is 5.94. The molecule has 104 valence electrons. The van der Waals surface area contributed by atoms with Crippen molar-refractivity contribution in [2.75, 3.05) is 7.11 Å². The second-order valence-corrected chi connectivity index (χ2v) is 3.98. The van der Waals surface area contributed by atoms with E-state index in [1.807, 2.05) is 19.1 Å². The first-order valence-corrected chi connectivity index (χ1v) is 5.76. The van der Waals surface area contributed by atoms with Crippen LogP contribution in [0.2, 0.25) is 0 Å². The Bertz CT molecular complexity index is 626. The molecule has 20 heavy (non-hydrogen) atoms. The minimum atomic E-state index is -0.114. The third-order valence-corrected chi connectivity index (χ3v) is 2.53. The molecular weight excluding hydrogens is 260 g/mol. The number of aryl methyl sites for hydroxylation is 1. The van der Waals surface area contributed by atoms with Crippen molar-refractivity contribution >= 4 is 5.84 Å². The molecule has 1 aromatic heterocycles. The second-order valence-electron chi connectivity index (χ2n) is 3.98. The molecule has 2 rings (SSSR count). The van der Waals surface area contributed by atoms with E-state index >= 15 is 0 Å². The standard InChI is InChI=1S/C13H14N4O3/c1-8-3-4-10(11(5-8)19-2)20-12-7-15-9(6-16-12)13(14)17-18/h3-7,18H,1-2H3,(H2,14,17). The summed E-state index contributed by atoms with van der Waals surface area (Å²) >= 11 is 0. The minimum Gasteiger partial charge on any atom is -0.493 e. The zero-order valence-electron chi connectivity index (χ0n) is 11.1.